The number of amides is 2. The van der Waals surface area contributed by atoms with E-state index in [1.165, 1.54) is 12.1 Å². The van der Waals surface area contributed by atoms with Crippen molar-refractivity contribution in [2.45, 2.75) is 19.4 Å². The number of fused-ring (bicyclic) bond motifs is 1. The molecule has 2 saturated heterocycles. The summed E-state index contributed by atoms with van der Waals surface area (Å²) in [6.45, 7) is 3.31. The lowest BCUT2D eigenvalue weighted by Gasteiger charge is -2.48. The number of aromatic carboxylic acids is 1. The lowest BCUT2D eigenvalue weighted by atomic mass is 9.73. The highest BCUT2D eigenvalue weighted by atomic mass is 35.5. The summed E-state index contributed by atoms with van der Waals surface area (Å²) in [6, 6.07) is 9.24. The molecule has 0 aliphatic carbocycles. The quantitative estimate of drug-likeness (QED) is 0.586. The molecule has 180 valence electrons. The average Bonchev–Trinajstić information content (AvgIpc) is 3.17. The number of rotatable bonds is 4. The number of halogens is 2. The largest absolute Gasteiger partial charge is 0.478 e. The van der Waals surface area contributed by atoms with Crippen LogP contribution in [0.2, 0.25) is 0 Å². The fraction of sp³-hybridized carbons (Fsp3) is 0.375. The highest BCUT2D eigenvalue weighted by Gasteiger charge is 2.41. The minimum Gasteiger partial charge on any atom is -0.478 e. The van der Waals surface area contributed by atoms with E-state index >= 15 is 0 Å². The van der Waals surface area contributed by atoms with Gasteiger partial charge in [-0.2, -0.15) is 5.10 Å². The molecular weight excluding hydrogens is 461 g/mol. The summed E-state index contributed by atoms with van der Waals surface area (Å²) >= 11 is 0. The number of carbonyl (C=O) groups excluding carboxylic acids is 1. The second-order valence-electron chi connectivity index (χ2n) is 9.08. The van der Waals surface area contributed by atoms with Crippen LogP contribution in [0, 0.1) is 11.2 Å². The van der Waals surface area contributed by atoms with Crippen LogP contribution < -0.4 is 10.2 Å². The number of aromatic nitrogens is 2. The molecule has 0 unspecified atom stereocenters. The minimum absolute atomic E-state index is 0. The average molecular weight is 488 g/mol. The zero-order chi connectivity index (χ0) is 23.2. The van der Waals surface area contributed by atoms with E-state index in [0.717, 1.165) is 42.9 Å². The number of carboxylic acids is 1. The summed E-state index contributed by atoms with van der Waals surface area (Å²) in [5, 5.41) is 17.7. The van der Waals surface area contributed by atoms with Crippen molar-refractivity contribution < 1.29 is 19.1 Å². The van der Waals surface area contributed by atoms with Gasteiger partial charge in [-0.05, 0) is 48.6 Å². The first-order chi connectivity index (χ1) is 15.8. The Morgan fingerprint density at radius 2 is 1.91 bits per heavy atom. The molecule has 0 radical (unpaired) electrons. The number of nitrogens with one attached hydrogen (secondary N) is 1. The third-order valence-corrected chi connectivity index (χ3v) is 7.00. The Morgan fingerprint density at radius 1 is 1.18 bits per heavy atom. The van der Waals surface area contributed by atoms with Crippen LogP contribution in [0.5, 0.6) is 0 Å². The van der Waals surface area contributed by atoms with E-state index in [1.807, 2.05) is 30.1 Å². The molecule has 3 aromatic rings. The summed E-state index contributed by atoms with van der Waals surface area (Å²) in [5.41, 5.74) is 1.94. The molecule has 3 heterocycles. The van der Waals surface area contributed by atoms with Crippen LogP contribution in [0.15, 0.2) is 42.6 Å². The number of anilines is 1. The minimum atomic E-state index is -1.19. The molecule has 0 bridgehead atoms. The van der Waals surface area contributed by atoms with Crippen LogP contribution in [-0.2, 0) is 13.6 Å². The zero-order valence-electron chi connectivity index (χ0n) is 18.8. The van der Waals surface area contributed by atoms with Crippen LogP contribution in [0.25, 0.3) is 10.9 Å². The Labute approximate surface area is 202 Å². The predicted octanol–water partition coefficient (Wildman–Crippen LogP) is 3.64. The van der Waals surface area contributed by atoms with Gasteiger partial charge in [0, 0.05) is 49.9 Å². The summed E-state index contributed by atoms with van der Waals surface area (Å²) in [7, 11) is 1.83. The van der Waals surface area contributed by atoms with Crippen LogP contribution in [0.3, 0.4) is 0 Å². The van der Waals surface area contributed by atoms with Crippen molar-refractivity contribution >= 4 is 41.0 Å². The molecule has 2 fully saturated rings. The van der Waals surface area contributed by atoms with Gasteiger partial charge in [0.05, 0.1) is 23.8 Å². The first-order valence-electron chi connectivity index (χ1n) is 11.1. The number of hydrogen-bond acceptors (Lipinski definition) is 4. The van der Waals surface area contributed by atoms with Gasteiger partial charge in [0.25, 0.3) is 0 Å². The van der Waals surface area contributed by atoms with Crippen molar-refractivity contribution in [2.24, 2.45) is 12.5 Å². The summed E-state index contributed by atoms with van der Waals surface area (Å²) in [4.78, 5) is 28.3. The number of urea groups is 1. The number of likely N-dealkylation sites (tertiary alicyclic amines) is 1. The van der Waals surface area contributed by atoms with Gasteiger partial charge in [0.1, 0.15) is 5.82 Å². The number of carbonyl (C=O) groups is 2. The van der Waals surface area contributed by atoms with Gasteiger partial charge in [-0.3, -0.25) is 9.58 Å². The van der Waals surface area contributed by atoms with E-state index in [-0.39, 0.29) is 36.1 Å². The maximum Gasteiger partial charge on any atom is 0.335 e. The van der Waals surface area contributed by atoms with Crippen molar-refractivity contribution in [3.05, 3.63) is 59.5 Å². The van der Waals surface area contributed by atoms with E-state index in [1.54, 1.807) is 15.8 Å². The van der Waals surface area contributed by atoms with E-state index < -0.39 is 11.8 Å². The second-order valence-corrected chi connectivity index (χ2v) is 9.08. The lowest BCUT2D eigenvalue weighted by molar-refractivity contribution is 0.0693. The van der Waals surface area contributed by atoms with Gasteiger partial charge in [0.15, 0.2) is 0 Å². The highest BCUT2D eigenvalue weighted by molar-refractivity contribution is 5.95. The molecule has 34 heavy (non-hydrogen) atoms. The van der Waals surface area contributed by atoms with Crippen LogP contribution in [0.1, 0.15) is 28.8 Å². The fourth-order valence-corrected chi connectivity index (χ4v) is 4.72. The lowest BCUT2D eigenvalue weighted by Crippen LogP contribution is -2.59. The van der Waals surface area contributed by atoms with Gasteiger partial charge in [-0.15, -0.1) is 12.4 Å². The van der Waals surface area contributed by atoms with Gasteiger partial charge < -0.3 is 15.3 Å². The number of hydrogen-bond donors (Lipinski definition) is 2. The van der Waals surface area contributed by atoms with Crippen LogP contribution >= 0.6 is 12.4 Å². The zero-order valence-corrected chi connectivity index (χ0v) is 19.6. The summed E-state index contributed by atoms with van der Waals surface area (Å²) in [6.07, 6.45) is 3.65. The maximum absolute atomic E-state index is 14.8. The molecule has 2 aliphatic heterocycles. The standard InChI is InChI=1S/C24H26FN5O3.ClH/c1-28-21-11-19(5-4-17(21)12-27-28)30(13-18-3-2-16(22(31)32)10-20(18)25)23(33)29-8-6-24(7-9-29)14-26-15-24;/h2-5,10-12,26H,6-9,13-15H2,1H3,(H,31,32);1H. The number of aryl methyl sites for hydroxylation is 1. The fourth-order valence-electron chi connectivity index (χ4n) is 4.72. The van der Waals surface area contributed by atoms with Gasteiger partial charge >= 0.3 is 12.0 Å². The van der Waals surface area contributed by atoms with E-state index in [9.17, 15) is 14.0 Å². The number of piperidine rings is 1. The predicted molar refractivity (Wildman–Crippen MR) is 129 cm³/mol. The van der Waals surface area contributed by atoms with Crippen LogP contribution in [0.4, 0.5) is 14.9 Å². The first kappa shape index (κ1) is 24.0. The van der Waals surface area contributed by atoms with Crippen molar-refractivity contribution in [1.29, 1.82) is 0 Å². The van der Waals surface area contributed by atoms with Gasteiger partial charge in [0.2, 0.25) is 0 Å². The third kappa shape index (κ3) is 4.33. The maximum atomic E-state index is 14.8. The molecule has 1 aromatic heterocycles. The Bertz CT molecular complexity index is 1230. The topological polar surface area (TPSA) is 90.7 Å². The molecule has 2 aliphatic rings. The molecule has 2 aromatic carbocycles. The van der Waals surface area contributed by atoms with E-state index in [0.29, 0.717) is 24.2 Å². The molecule has 2 amide bonds. The Morgan fingerprint density at radius 3 is 2.53 bits per heavy atom. The second kappa shape index (κ2) is 9.23. The van der Waals surface area contributed by atoms with Gasteiger partial charge in [-0.1, -0.05) is 6.07 Å². The van der Waals surface area contributed by atoms with Gasteiger partial charge in [-0.25, -0.2) is 14.0 Å². The molecular formula is C24H27ClFN5O3. The Kier molecular flexibility index (Phi) is 6.51. The van der Waals surface area contributed by atoms with Crippen molar-refractivity contribution in [3.8, 4) is 0 Å². The van der Waals surface area contributed by atoms with E-state index in [4.69, 9.17) is 5.11 Å². The molecule has 5 rings (SSSR count). The molecule has 1 spiro atoms. The van der Waals surface area contributed by atoms with Crippen molar-refractivity contribution in [1.82, 2.24) is 20.0 Å². The molecule has 2 N–H and O–H groups in total. The number of nitrogens with zero attached hydrogens (tertiary/aromatic N) is 4. The Hall–Kier alpha value is -3.17. The first-order valence-corrected chi connectivity index (χ1v) is 11.1. The number of carboxylic acid groups (broad SMARTS) is 1. The summed E-state index contributed by atoms with van der Waals surface area (Å²) < 4.78 is 16.5. The Balaban J connectivity index is 0.00000274. The molecule has 10 heteroatoms. The van der Waals surface area contributed by atoms with Crippen molar-refractivity contribution in [2.75, 3.05) is 31.1 Å². The molecule has 0 saturated carbocycles. The third-order valence-electron chi connectivity index (χ3n) is 7.00. The van der Waals surface area contributed by atoms with Crippen LogP contribution in [-0.4, -0.2) is 58.0 Å². The van der Waals surface area contributed by atoms with Crippen molar-refractivity contribution in [3.63, 3.8) is 0 Å². The highest BCUT2D eigenvalue weighted by Crippen LogP contribution is 2.36. The summed E-state index contributed by atoms with van der Waals surface area (Å²) in [5.74, 6) is -1.84. The molecule has 8 nitrogen and oxygen atoms in total. The smallest absolute Gasteiger partial charge is 0.335 e. The number of benzene rings is 2. The molecule has 0 atom stereocenters. The van der Waals surface area contributed by atoms with E-state index in [2.05, 4.69) is 10.4 Å². The SMILES string of the molecule is Cl.Cn1ncc2ccc(N(Cc3ccc(C(=O)O)cc3F)C(=O)N3CCC4(CC3)CNC4)cc21. The normalized spacial score (nSPS) is 16.7. The monoisotopic (exact) mass is 487 g/mol.